The molecule has 1 saturated heterocycles. The molecule has 1 aliphatic heterocycles. The Bertz CT molecular complexity index is 952. The fraction of sp³-hybridized carbons (Fsp3) is 0.238. The zero-order valence-electron chi connectivity index (χ0n) is 14.9. The summed E-state index contributed by atoms with van der Waals surface area (Å²) in [6.07, 6.45) is 1.67. The third-order valence-electron chi connectivity index (χ3n) is 4.85. The lowest BCUT2D eigenvalue weighted by atomic mass is 10.0. The molecule has 1 aromatic heterocycles. The first-order valence-electron chi connectivity index (χ1n) is 8.83. The third kappa shape index (κ3) is 3.43. The average molecular weight is 366 g/mol. The van der Waals surface area contributed by atoms with E-state index in [0.29, 0.717) is 12.2 Å². The predicted molar refractivity (Wildman–Crippen MR) is 97.9 cm³/mol. The van der Waals surface area contributed by atoms with Gasteiger partial charge in [-0.2, -0.15) is 0 Å². The number of aromatic nitrogens is 1. The minimum atomic E-state index is -0.298. The van der Waals surface area contributed by atoms with Crippen molar-refractivity contribution in [2.75, 3.05) is 13.7 Å². The van der Waals surface area contributed by atoms with Crippen molar-refractivity contribution in [3.8, 4) is 17.0 Å². The summed E-state index contributed by atoms with van der Waals surface area (Å²) < 4.78 is 24.0. The van der Waals surface area contributed by atoms with E-state index in [-0.39, 0.29) is 23.5 Å². The molecular weight excluding hydrogens is 347 g/mol. The Kier molecular flexibility index (Phi) is 4.62. The second-order valence-electron chi connectivity index (χ2n) is 6.52. The van der Waals surface area contributed by atoms with Crippen molar-refractivity contribution in [3.05, 3.63) is 71.7 Å². The molecule has 1 aliphatic rings. The first-order chi connectivity index (χ1) is 13.2. The van der Waals surface area contributed by atoms with Crippen LogP contribution >= 0.6 is 0 Å². The smallest absolute Gasteiger partial charge is 0.292 e. The SMILES string of the molecule is COc1ccc(-c2cc(C(=O)N3CCCC3c3cccc(F)c3)on2)cc1. The Labute approximate surface area is 156 Å². The molecule has 0 radical (unpaired) electrons. The minimum Gasteiger partial charge on any atom is -0.497 e. The molecule has 27 heavy (non-hydrogen) atoms. The second-order valence-corrected chi connectivity index (χ2v) is 6.52. The maximum atomic E-state index is 13.6. The lowest BCUT2D eigenvalue weighted by Crippen LogP contribution is -2.30. The number of hydrogen-bond acceptors (Lipinski definition) is 4. The normalized spacial score (nSPS) is 16.5. The van der Waals surface area contributed by atoms with Crippen LogP contribution in [0.3, 0.4) is 0 Å². The highest BCUT2D eigenvalue weighted by Gasteiger charge is 2.32. The number of amides is 1. The molecule has 0 N–H and O–H groups in total. The molecule has 0 spiro atoms. The monoisotopic (exact) mass is 366 g/mol. The van der Waals surface area contributed by atoms with Crippen molar-refractivity contribution < 1.29 is 18.4 Å². The first-order valence-corrected chi connectivity index (χ1v) is 8.83. The van der Waals surface area contributed by atoms with Crippen molar-refractivity contribution in [2.24, 2.45) is 0 Å². The maximum Gasteiger partial charge on any atom is 0.292 e. The Morgan fingerprint density at radius 1 is 1.22 bits per heavy atom. The molecular formula is C21H19FN2O3. The number of ether oxygens (including phenoxy) is 1. The van der Waals surface area contributed by atoms with Gasteiger partial charge in [0.05, 0.1) is 13.2 Å². The average Bonchev–Trinajstić information content (AvgIpc) is 3.37. The summed E-state index contributed by atoms with van der Waals surface area (Å²) in [5.41, 5.74) is 2.22. The summed E-state index contributed by atoms with van der Waals surface area (Å²) in [6.45, 7) is 0.610. The number of hydrogen-bond donors (Lipinski definition) is 0. The van der Waals surface area contributed by atoms with E-state index < -0.39 is 0 Å². The van der Waals surface area contributed by atoms with Crippen molar-refractivity contribution >= 4 is 5.91 Å². The zero-order valence-corrected chi connectivity index (χ0v) is 14.9. The van der Waals surface area contributed by atoms with E-state index >= 15 is 0 Å². The molecule has 0 saturated carbocycles. The van der Waals surface area contributed by atoms with Crippen LogP contribution in [0, 0.1) is 5.82 Å². The predicted octanol–water partition coefficient (Wildman–Crippen LogP) is 4.47. The van der Waals surface area contributed by atoms with E-state index in [2.05, 4.69) is 5.16 Å². The fourth-order valence-electron chi connectivity index (χ4n) is 3.49. The summed E-state index contributed by atoms with van der Waals surface area (Å²) in [4.78, 5) is 14.7. The van der Waals surface area contributed by atoms with Gasteiger partial charge in [-0.05, 0) is 54.8 Å². The molecule has 1 atom stereocenters. The van der Waals surface area contributed by atoms with Crippen molar-refractivity contribution in [2.45, 2.75) is 18.9 Å². The summed E-state index contributed by atoms with van der Waals surface area (Å²) in [5.74, 6) is 0.403. The summed E-state index contributed by atoms with van der Waals surface area (Å²) in [6, 6.07) is 15.3. The molecule has 1 unspecified atom stereocenters. The van der Waals surface area contributed by atoms with Gasteiger partial charge >= 0.3 is 0 Å². The third-order valence-corrected chi connectivity index (χ3v) is 4.85. The molecule has 2 heterocycles. The van der Waals surface area contributed by atoms with Crippen LogP contribution in [0.4, 0.5) is 4.39 Å². The molecule has 3 aromatic rings. The number of carbonyl (C=O) groups is 1. The van der Waals surface area contributed by atoms with Gasteiger partial charge < -0.3 is 14.2 Å². The van der Waals surface area contributed by atoms with Gasteiger partial charge in [0.2, 0.25) is 5.76 Å². The standard InChI is InChI=1S/C21H19FN2O3/c1-26-17-9-7-14(8-10-17)18-13-20(27-23-18)21(25)24-11-3-6-19(24)15-4-2-5-16(22)12-15/h2,4-5,7-10,12-13,19H,3,6,11H2,1H3. The van der Waals surface area contributed by atoms with Crippen molar-refractivity contribution in [3.63, 3.8) is 0 Å². The first kappa shape index (κ1) is 17.3. The number of benzene rings is 2. The maximum absolute atomic E-state index is 13.6. The highest BCUT2D eigenvalue weighted by molar-refractivity contribution is 5.93. The summed E-state index contributed by atoms with van der Waals surface area (Å²) in [7, 11) is 1.60. The molecule has 4 rings (SSSR count). The summed E-state index contributed by atoms with van der Waals surface area (Å²) in [5, 5.41) is 4.02. The molecule has 5 nitrogen and oxygen atoms in total. The van der Waals surface area contributed by atoms with Crippen LogP contribution in [-0.2, 0) is 0 Å². The second kappa shape index (κ2) is 7.23. The van der Waals surface area contributed by atoms with Crippen LogP contribution in [0.2, 0.25) is 0 Å². The molecule has 0 bridgehead atoms. The van der Waals surface area contributed by atoms with Crippen LogP contribution in [-0.4, -0.2) is 29.6 Å². The van der Waals surface area contributed by atoms with Gasteiger partial charge in [0, 0.05) is 18.2 Å². The Morgan fingerprint density at radius 3 is 2.78 bits per heavy atom. The highest BCUT2D eigenvalue weighted by atomic mass is 19.1. The van der Waals surface area contributed by atoms with E-state index in [4.69, 9.17) is 9.26 Å². The number of carbonyl (C=O) groups excluding carboxylic acids is 1. The number of methoxy groups -OCH3 is 1. The summed E-state index contributed by atoms with van der Waals surface area (Å²) >= 11 is 0. The van der Waals surface area contributed by atoms with Crippen LogP contribution in [0.15, 0.2) is 59.1 Å². The van der Waals surface area contributed by atoms with Gasteiger partial charge in [-0.15, -0.1) is 0 Å². The highest BCUT2D eigenvalue weighted by Crippen LogP contribution is 2.34. The molecule has 0 aliphatic carbocycles. The van der Waals surface area contributed by atoms with Crippen LogP contribution in [0.1, 0.15) is 35.0 Å². The molecule has 1 amide bonds. The fourth-order valence-corrected chi connectivity index (χ4v) is 3.49. The van der Waals surface area contributed by atoms with Crippen molar-refractivity contribution in [1.82, 2.24) is 10.1 Å². The molecule has 6 heteroatoms. The van der Waals surface area contributed by atoms with Crippen molar-refractivity contribution in [1.29, 1.82) is 0 Å². The number of halogens is 1. The Morgan fingerprint density at radius 2 is 2.04 bits per heavy atom. The van der Waals surface area contributed by atoms with E-state index in [0.717, 1.165) is 29.7 Å². The minimum absolute atomic E-state index is 0.150. The van der Waals surface area contributed by atoms with Gasteiger partial charge in [0.25, 0.3) is 5.91 Å². The van der Waals surface area contributed by atoms with E-state index in [1.165, 1.54) is 12.1 Å². The van der Waals surface area contributed by atoms with Gasteiger partial charge in [0.15, 0.2) is 0 Å². The lowest BCUT2D eigenvalue weighted by Gasteiger charge is -2.23. The largest absolute Gasteiger partial charge is 0.497 e. The molecule has 138 valence electrons. The quantitative estimate of drug-likeness (QED) is 0.684. The van der Waals surface area contributed by atoms with Gasteiger partial charge in [-0.1, -0.05) is 17.3 Å². The van der Waals surface area contributed by atoms with Crippen LogP contribution in [0.5, 0.6) is 5.75 Å². The van der Waals surface area contributed by atoms with E-state index in [1.807, 2.05) is 30.3 Å². The van der Waals surface area contributed by atoms with E-state index in [1.54, 1.807) is 24.1 Å². The number of rotatable bonds is 4. The van der Waals surface area contributed by atoms with Crippen LogP contribution in [0.25, 0.3) is 11.3 Å². The van der Waals surface area contributed by atoms with Gasteiger partial charge in [0.1, 0.15) is 17.3 Å². The Balaban J connectivity index is 1.56. The number of likely N-dealkylation sites (tertiary alicyclic amines) is 1. The van der Waals surface area contributed by atoms with Crippen LogP contribution < -0.4 is 4.74 Å². The topological polar surface area (TPSA) is 55.6 Å². The Hall–Kier alpha value is -3.15. The lowest BCUT2D eigenvalue weighted by molar-refractivity contribution is 0.0693. The molecule has 2 aromatic carbocycles. The molecule has 1 fully saturated rings. The number of nitrogens with zero attached hydrogens (tertiary/aromatic N) is 2. The van der Waals surface area contributed by atoms with E-state index in [9.17, 15) is 9.18 Å². The van der Waals surface area contributed by atoms with Gasteiger partial charge in [-0.25, -0.2) is 4.39 Å². The zero-order chi connectivity index (χ0) is 18.8. The van der Waals surface area contributed by atoms with Gasteiger partial charge in [-0.3, -0.25) is 4.79 Å².